The minimum Gasteiger partial charge on any atom is -0.497 e. The van der Waals surface area contributed by atoms with Crippen molar-refractivity contribution in [2.75, 3.05) is 32.2 Å². The van der Waals surface area contributed by atoms with Gasteiger partial charge in [-0.05, 0) is 31.2 Å². The van der Waals surface area contributed by atoms with Gasteiger partial charge in [0, 0.05) is 18.7 Å². The maximum absolute atomic E-state index is 5.83. The summed E-state index contributed by atoms with van der Waals surface area (Å²) in [6, 6.07) is 7.48. The van der Waals surface area contributed by atoms with Gasteiger partial charge in [-0.15, -0.1) is 24.0 Å². The van der Waals surface area contributed by atoms with Crippen LogP contribution in [0, 0.1) is 0 Å². The Morgan fingerprint density at radius 3 is 2.52 bits per heavy atom. The Morgan fingerprint density at radius 2 is 1.95 bits per heavy atom. The molecule has 7 heteroatoms. The third kappa shape index (κ3) is 5.68. The molecule has 3 N–H and O–H groups in total. The number of rotatable bonds is 5. The van der Waals surface area contributed by atoms with Crippen LogP contribution in [0.25, 0.3) is 0 Å². The second-order valence-corrected chi connectivity index (χ2v) is 4.70. The van der Waals surface area contributed by atoms with Crippen LogP contribution in [0.5, 0.6) is 5.75 Å². The lowest BCUT2D eigenvalue weighted by Gasteiger charge is -2.20. The quantitative estimate of drug-likeness (QED) is 0.445. The molecule has 0 aromatic heterocycles. The lowest BCUT2D eigenvalue weighted by molar-refractivity contribution is -0.144. The van der Waals surface area contributed by atoms with Crippen LogP contribution < -0.4 is 15.8 Å². The SMILES string of the molecule is COc1ccc(NC(N)=NCCC2(C)OCCO2)cc1.I. The molecular formula is C14H22IN3O3. The zero-order valence-corrected chi connectivity index (χ0v) is 14.6. The molecule has 0 saturated carbocycles. The maximum atomic E-state index is 5.83. The van der Waals surface area contributed by atoms with E-state index in [0.717, 1.165) is 11.4 Å². The summed E-state index contributed by atoms with van der Waals surface area (Å²) >= 11 is 0. The van der Waals surface area contributed by atoms with E-state index in [4.69, 9.17) is 19.9 Å². The highest BCUT2D eigenvalue weighted by Crippen LogP contribution is 2.22. The van der Waals surface area contributed by atoms with Crippen molar-refractivity contribution in [3.8, 4) is 5.75 Å². The van der Waals surface area contributed by atoms with Crippen molar-refractivity contribution >= 4 is 35.6 Å². The van der Waals surface area contributed by atoms with Crippen LogP contribution in [0.2, 0.25) is 0 Å². The number of nitrogens with one attached hydrogen (secondary N) is 1. The number of ether oxygens (including phenoxy) is 3. The van der Waals surface area contributed by atoms with Gasteiger partial charge in [0.05, 0.1) is 20.3 Å². The lowest BCUT2D eigenvalue weighted by Crippen LogP contribution is -2.28. The van der Waals surface area contributed by atoms with Gasteiger partial charge in [-0.3, -0.25) is 4.99 Å². The predicted molar refractivity (Wildman–Crippen MR) is 93.4 cm³/mol. The first kappa shape index (κ1) is 18.0. The Labute approximate surface area is 142 Å². The molecule has 0 atom stereocenters. The highest BCUT2D eigenvalue weighted by Gasteiger charge is 2.30. The molecule has 1 saturated heterocycles. The number of aliphatic imine (C=N–C) groups is 1. The van der Waals surface area contributed by atoms with Gasteiger partial charge >= 0.3 is 0 Å². The topological polar surface area (TPSA) is 78.1 Å². The van der Waals surface area contributed by atoms with Crippen LogP contribution in [-0.2, 0) is 9.47 Å². The van der Waals surface area contributed by atoms with Crippen molar-refractivity contribution in [3.63, 3.8) is 0 Å². The highest BCUT2D eigenvalue weighted by atomic mass is 127. The van der Waals surface area contributed by atoms with Crippen molar-refractivity contribution < 1.29 is 14.2 Å². The number of guanidine groups is 1. The Kier molecular flexibility index (Phi) is 7.20. The fourth-order valence-electron chi connectivity index (χ4n) is 1.94. The smallest absolute Gasteiger partial charge is 0.193 e. The Balaban J connectivity index is 0.00000220. The first-order chi connectivity index (χ1) is 9.61. The van der Waals surface area contributed by atoms with Crippen LogP contribution in [0.1, 0.15) is 13.3 Å². The number of hydrogen-bond acceptors (Lipinski definition) is 4. The molecule has 1 aromatic carbocycles. The average molecular weight is 407 g/mol. The molecular weight excluding hydrogens is 385 g/mol. The minimum absolute atomic E-state index is 0. The molecule has 0 radical (unpaired) electrons. The molecule has 1 heterocycles. The minimum atomic E-state index is -0.524. The molecule has 2 rings (SSSR count). The monoisotopic (exact) mass is 407 g/mol. The van der Waals surface area contributed by atoms with Crippen LogP contribution in [0.3, 0.4) is 0 Å². The van der Waals surface area contributed by atoms with Gasteiger partial charge in [-0.25, -0.2) is 0 Å². The third-order valence-electron chi connectivity index (χ3n) is 3.11. The summed E-state index contributed by atoms with van der Waals surface area (Å²) < 4.78 is 16.1. The van der Waals surface area contributed by atoms with Crippen molar-refractivity contribution in [3.05, 3.63) is 24.3 Å². The molecule has 0 spiro atoms. The molecule has 1 aromatic rings. The van der Waals surface area contributed by atoms with Crippen molar-refractivity contribution in [2.24, 2.45) is 10.7 Å². The van der Waals surface area contributed by atoms with Gasteiger partial charge < -0.3 is 25.3 Å². The number of benzene rings is 1. The van der Waals surface area contributed by atoms with Crippen molar-refractivity contribution in [1.82, 2.24) is 0 Å². The summed E-state index contributed by atoms with van der Waals surface area (Å²) in [5.41, 5.74) is 6.70. The van der Waals surface area contributed by atoms with E-state index in [1.165, 1.54) is 0 Å². The molecule has 0 aliphatic carbocycles. The number of halogens is 1. The predicted octanol–water partition coefficient (Wildman–Crippen LogP) is 2.19. The summed E-state index contributed by atoms with van der Waals surface area (Å²) in [5.74, 6) is 0.649. The molecule has 0 amide bonds. The largest absolute Gasteiger partial charge is 0.497 e. The molecule has 0 unspecified atom stereocenters. The number of nitrogens with zero attached hydrogens (tertiary/aromatic N) is 1. The van der Waals surface area contributed by atoms with Crippen molar-refractivity contribution in [2.45, 2.75) is 19.1 Å². The first-order valence-electron chi connectivity index (χ1n) is 6.60. The Bertz CT molecular complexity index is 459. The molecule has 0 bridgehead atoms. The summed E-state index contributed by atoms with van der Waals surface area (Å²) in [6.07, 6.45) is 0.679. The standard InChI is InChI=1S/C14H21N3O3.HI/c1-14(19-9-10-20-14)7-8-16-13(15)17-11-3-5-12(18-2)6-4-11;/h3-6H,7-10H2,1-2H3,(H3,15,16,17);1H. The summed E-state index contributed by atoms with van der Waals surface area (Å²) in [4.78, 5) is 4.26. The van der Waals surface area contributed by atoms with Gasteiger partial charge in [0.1, 0.15) is 5.75 Å². The normalized spacial score (nSPS) is 17.1. The zero-order valence-electron chi connectivity index (χ0n) is 12.3. The molecule has 1 fully saturated rings. The Hall–Kier alpha value is -1.06. The van der Waals surface area contributed by atoms with Gasteiger partial charge in [0.25, 0.3) is 0 Å². The molecule has 6 nitrogen and oxygen atoms in total. The second-order valence-electron chi connectivity index (χ2n) is 4.70. The van der Waals surface area contributed by atoms with Crippen molar-refractivity contribution in [1.29, 1.82) is 0 Å². The van der Waals surface area contributed by atoms with Gasteiger partial charge in [-0.2, -0.15) is 0 Å². The number of nitrogens with two attached hydrogens (primary N) is 1. The lowest BCUT2D eigenvalue weighted by atomic mass is 10.2. The van der Waals surface area contributed by atoms with Gasteiger partial charge in [0.15, 0.2) is 11.7 Å². The van der Waals surface area contributed by atoms with E-state index in [9.17, 15) is 0 Å². The number of methoxy groups -OCH3 is 1. The summed E-state index contributed by atoms with van der Waals surface area (Å²) in [5, 5.41) is 3.02. The van der Waals surface area contributed by atoms with Crippen LogP contribution >= 0.6 is 24.0 Å². The van der Waals surface area contributed by atoms with E-state index >= 15 is 0 Å². The van der Waals surface area contributed by atoms with Crippen LogP contribution in [0.4, 0.5) is 5.69 Å². The van der Waals surface area contributed by atoms with E-state index in [1.807, 2.05) is 31.2 Å². The van der Waals surface area contributed by atoms with E-state index in [0.29, 0.717) is 32.1 Å². The van der Waals surface area contributed by atoms with Crippen LogP contribution in [-0.4, -0.2) is 38.6 Å². The fraction of sp³-hybridized carbons (Fsp3) is 0.500. The molecule has 1 aliphatic heterocycles. The molecule has 21 heavy (non-hydrogen) atoms. The van der Waals surface area contributed by atoms with Gasteiger partial charge in [0.2, 0.25) is 0 Å². The van der Waals surface area contributed by atoms with Crippen LogP contribution in [0.15, 0.2) is 29.3 Å². The summed E-state index contributed by atoms with van der Waals surface area (Å²) in [7, 11) is 1.63. The van der Waals surface area contributed by atoms with E-state index in [-0.39, 0.29) is 24.0 Å². The highest BCUT2D eigenvalue weighted by molar-refractivity contribution is 14.0. The summed E-state index contributed by atoms with van der Waals surface area (Å²) in [6.45, 7) is 3.74. The van der Waals surface area contributed by atoms with E-state index < -0.39 is 5.79 Å². The maximum Gasteiger partial charge on any atom is 0.193 e. The zero-order chi connectivity index (χ0) is 14.4. The molecule has 118 valence electrons. The van der Waals surface area contributed by atoms with E-state index in [1.54, 1.807) is 7.11 Å². The number of hydrogen-bond donors (Lipinski definition) is 2. The third-order valence-corrected chi connectivity index (χ3v) is 3.11. The second kappa shape index (κ2) is 8.40. The Morgan fingerprint density at radius 1 is 1.33 bits per heavy atom. The fourth-order valence-corrected chi connectivity index (χ4v) is 1.94. The van der Waals surface area contributed by atoms with E-state index in [2.05, 4.69) is 10.3 Å². The number of anilines is 1. The first-order valence-corrected chi connectivity index (χ1v) is 6.60. The molecule has 1 aliphatic rings. The average Bonchev–Trinajstić information content (AvgIpc) is 2.86. The van der Waals surface area contributed by atoms with Gasteiger partial charge in [-0.1, -0.05) is 0 Å².